The van der Waals surface area contributed by atoms with Gasteiger partial charge in [-0.25, -0.2) is 0 Å². The number of benzene rings is 1. The molecule has 5 heteroatoms. The Kier molecular flexibility index (Phi) is 7.21. The summed E-state index contributed by atoms with van der Waals surface area (Å²) in [5.41, 5.74) is 3.39. The number of piperazine rings is 1. The van der Waals surface area contributed by atoms with Crippen LogP contribution in [0.3, 0.4) is 0 Å². The first-order chi connectivity index (χ1) is 13.2. The molecule has 2 aromatic rings. The van der Waals surface area contributed by atoms with Gasteiger partial charge in [-0.05, 0) is 38.5 Å². The lowest BCUT2D eigenvalue weighted by Gasteiger charge is -2.41. The zero-order valence-corrected chi connectivity index (χ0v) is 16.5. The second-order valence-electron chi connectivity index (χ2n) is 7.18. The van der Waals surface area contributed by atoms with Gasteiger partial charge in [-0.15, -0.1) is 0 Å². The molecule has 5 nitrogen and oxygen atoms in total. The highest BCUT2D eigenvalue weighted by atomic mass is 16.5. The Labute approximate surface area is 162 Å². The fraction of sp³-hybridized carbons (Fsp3) is 0.500. The SMILES string of the molecule is CCOc1ccccc1CN1CCN(Cc2cccc(C)n2)C(CCO)C1. The Morgan fingerprint density at radius 1 is 1.11 bits per heavy atom. The van der Waals surface area contributed by atoms with E-state index in [2.05, 4.69) is 39.0 Å². The van der Waals surface area contributed by atoms with Crippen molar-refractivity contribution in [2.75, 3.05) is 32.8 Å². The first kappa shape index (κ1) is 19.8. The number of ether oxygens (including phenoxy) is 1. The molecule has 1 aliphatic heterocycles. The Balaban J connectivity index is 1.65. The third-order valence-corrected chi connectivity index (χ3v) is 5.13. The third-order valence-electron chi connectivity index (χ3n) is 5.13. The molecule has 1 saturated heterocycles. The Hall–Kier alpha value is -1.95. The third kappa shape index (κ3) is 5.51. The van der Waals surface area contributed by atoms with E-state index >= 15 is 0 Å². The van der Waals surface area contributed by atoms with Gasteiger partial charge in [0.15, 0.2) is 0 Å². The fourth-order valence-electron chi connectivity index (χ4n) is 3.80. The summed E-state index contributed by atoms with van der Waals surface area (Å²) in [4.78, 5) is 9.58. The summed E-state index contributed by atoms with van der Waals surface area (Å²) in [6.45, 7) is 9.62. The van der Waals surface area contributed by atoms with E-state index < -0.39 is 0 Å². The number of hydrogen-bond acceptors (Lipinski definition) is 5. The van der Waals surface area contributed by atoms with Gasteiger partial charge < -0.3 is 9.84 Å². The van der Waals surface area contributed by atoms with Crippen LogP contribution in [0.1, 0.15) is 30.3 Å². The summed E-state index contributed by atoms with van der Waals surface area (Å²) < 4.78 is 5.78. The topological polar surface area (TPSA) is 48.8 Å². The lowest BCUT2D eigenvalue weighted by Crippen LogP contribution is -2.52. The van der Waals surface area contributed by atoms with Crippen LogP contribution in [0.5, 0.6) is 5.75 Å². The van der Waals surface area contributed by atoms with Gasteiger partial charge >= 0.3 is 0 Å². The molecule has 3 rings (SSSR count). The van der Waals surface area contributed by atoms with E-state index in [1.54, 1.807) is 0 Å². The van der Waals surface area contributed by atoms with Gasteiger partial charge in [0, 0.05) is 56.6 Å². The number of aliphatic hydroxyl groups excluding tert-OH is 1. The number of aryl methyl sites for hydroxylation is 1. The molecule has 0 aliphatic carbocycles. The van der Waals surface area contributed by atoms with Crippen molar-refractivity contribution < 1.29 is 9.84 Å². The highest BCUT2D eigenvalue weighted by Gasteiger charge is 2.27. The van der Waals surface area contributed by atoms with E-state index in [9.17, 15) is 5.11 Å². The maximum atomic E-state index is 9.56. The number of pyridine rings is 1. The van der Waals surface area contributed by atoms with E-state index in [0.717, 1.165) is 56.3 Å². The predicted octanol–water partition coefficient (Wildman–Crippen LogP) is 2.86. The predicted molar refractivity (Wildman–Crippen MR) is 108 cm³/mol. The summed E-state index contributed by atoms with van der Waals surface area (Å²) in [6.07, 6.45) is 0.787. The van der Waals surface area contributed by atoms with Crippen molar-refractivity contribution in [1.82, 2.24) is 14.8 Å². The van der Waals surface area contributed by atoms with Gasteiger partial charge in [0.25, 0.3) is 0 Å². The molecule has 146 valence electrons. The Morgan fingerprint density at radius 2 is 1.96 bits per heavy atom. The smallest absolute Gasteiger partial charge is 0.123 e. The minimum atomic E-state index is 0.214. The Bertz CT molecular complexity index is 722. The molecule has 0 spiro atoms. The van der Waals surface area contributed by atoms with Crippen LogP contribution in [0, 0.1) is 6.92 Å². The molecule has 1 aliphatic rings. The number of rotatable bonds is 8. The second-order valence-corrected chi connectivity index (χ2v) is 7.18. The van der Waals surface area contributed by atoms with Crippen molar-refractivity contribution in [2.24, 2.45) is 0 Å². The number of para-hydroxylation sites is 1. The van der Waals surface area contributed by atoms with Gasteiger partial charge in [-0.2, -0.15) is 0 Å². The van der Waals surface area contributed by atoms with Crippen molar-refractivity contribution in [3.8, 4) is 5.75 Å². The average Bonchev–Trinajstić information content (AvgIpc) is 2.66. The second kappa shape index (κ2) is 9.83. The van der Waals surface area contributed by atoms with Crippen LogP contribution in [-0.2, 0) is 13.1 Å². The van der Waals surface area contributed by atoms with Crippen molar-refractivity contribution in [2.45, 2.75) is 39.4 Å². The zero-order chi connectivity index (χ0) is 19.1. The molecule has 0 amide bonds. The zero-order valence-electron chi connectivity index (χ0n) is 16.5. The molecule has 1 unspecified atom stereocenters. The minimum absolute atomic E-state index is 0.214. The lowest BCUT2D eigenvalue weighted by molar-refractivity contribution is 0.0487. The summed E-state index contributed by atoms with van der Waals surface area (Å²) in [5.74, 6) is 0.977. The molecule has 1 fully saturated rings. The highest BCUT2D eigenvalue weighted by molar-refractivity contribution is 5.33. The first-order valence-corrected chi connectivity index (χ1v) is 9.90. The van der Waals surface area contributed by atoms with Crippen LogP contribution in [0.15, 0.2) is 42.5 Å². The van der Waals surface area contributed by atoms with Crippen LogP contribution in [-0.4, -0.2) is 58.8 Å². The molecule has 27 heavy (non-hydrogen) atoms. The van der Waals surface area contributed by atoms with Crippen molar-refractivity contribution >= 4 is 0 Å². The normalized spacial score (nSPS) is 18.6. The molecular formula is C22H31N3O2. The monoisotopic (exact) mass is 369 g/mol. The number of aromatic nitrogens is 1. The lowest BCUT2D eigenvalue weighted by atomic mass is 10.1. The Morgan fingerprint density at radius 3 is 2.74 bits per heavy atom. The van der Waals surface area contributed by atoms with Crippen LogP contribution in [0.4, 0.5) is 0 Å². The van der Waals surface area contributed by atoms with Crippen LogP contribution in [0.25, 0.3) is 0 Å². The summed E-state index contributed by atoms with van der Waals surface area (Å²) in [7, 11) is 0. The van der Waals surface area contributed by atoms with Crippen molar-refractivity contribution in [3.05, 3.63) is 59.4 Å². The highest BCUT2D eigenvalue weighted by Crippen LogP contribution is 2.23. The summed E-state index contributed by atoms with van der Waals surface area (Å²) >= 11 is 0. The molecule has 0 saturated carbocycles. The molecule has 2 heterocycles. The standard InChI is InChI=1S/C22H31N3O2/c1-3-27-22-10-5-4-8-19(22)15-24-12-13-25(21(17-24)11-14-26)16-20-9-6-7-18(2)23-20/h4-10,21,26H,3,11-17H2,1-2H3. The largest absolute Gasteiger partial charge is 0.494 e. The minimum Gasteiger partial charge on any atom is -0.494 e. The molecule has 1 N–H and O–H groups in total. The number of nitrogens with zero attached hydrogens (tertiary/aromatic N) is 3. The maximum absolute atomic E-state index is 9.56. The molecule has 0 bridgehead atoms. The quantitative estimate of drug-likeness (QED) is 0.775. The van der Waals surface area contributed by atoms with Gasteiger partial charge in [-0.1, -0.05) is 24.3 Å². The van der Waals surface area contributed by atoms with Gasteiger partial charge in [-0.3, -0.25) is 14.8 Å². The average molecular weight is 370 g/mol. The van der Waals surface area contributed by atoms with Gasteiger partial charge in [0.2, 0.25) is 0 Å². The van der Waals surface area contributed by atoms with Crippen molar-refractivity contribution in [1.29, 1.82) is 0 Å². The van der Waals surface area contributed by atoms with E-state index in [0.29, 0.717) is 12.6 Å². The van der Waals surface area contributed by atoms with Crippen LogP contribution < -0.4 is 4.74 Å². The van der Waals surface area contributed by atoms with Crippen LogP contribution in [0.2, 0.25) is 0 Å². The molecule has 0 radical (unpaired) electrons. The molecule has 1 atom stereocenters. The number of hydrogen-bond donors (Lipinski definition) is 1. The van der Waals surface area contributed by atoms with Gasteiger partial charge in [0.1, 0.15) is 5.75 Å². The molecular weight excluding hydrogens is 338 g/mol. The fourth-order valence-corrected chi connectivity index (χ4v) is 3.80. The van der Waals surface area contributed by atoms with E-state index in [-0.39, 0.29) is 6.61 Å². The number of aliphatic hydroxyl groups is 1. The maximum Gasteiger partial charge on any atom is 0.123 e. The van der Waals surface area contributed by atoms with E-state index in [4.69, 9.17) is 4.74 Å². The van der Waals surface area contributed by atoms with Crippen molar-refractivity contribution in [3.63, 3.8) is 0 Å². The van der Waals surface area contributed by atoms with E-state index in [1.807, 2.05) is 32.0 Å². The van der Waals surface area contributed by atoms with E-state index in [1.165, 1.54) is 5.56 Å². The summed E-state index contributed by atoms with van der Waals surface area (Å²) in [6, 6.07) is 14.8. The molecule has 1 aromatic carbocycles. The molecule has 1 aromatic heterocycles. The van der Waals surface area contributed by atoms with Crippen LogP contribution >= 0.6 is 0 Å². The first-order valence-electron chi connectivity index (χ1n) is 9.90. The summed E-state index contributed by atoms with van der Waals surface area (Å²) in [5, 5.41) is 9.56. The van der Waals surface area contributed by atoms with Gasteiger partial charge in [0.05, 0.1) is 12.3 Å².